The van der Waals surface area contributed by atoms with Gasteiger partial charge < -0.3 is 14.6 Å². The van der Waals surface area contributed by atoms with Crippen molar-refractivity contribution in [3.63, 3.8) is 0 Å². The zero-order valence-electron chi connectivity index (χ0n) is 9.12. The van der Waals surface area contributed by atoms with Crippen molar-refractivity contribution in [2.24, 2.45) is 7.05 Å². The number of methoxy groups -OCH3 is 1. The minimum Gasteiger partial charge on any atom is -0.464 e. The van der Waals surface area contributed by atoms with E-state index < -0.39 is 0 Å². The molecule has 0 spiro atoms. The van der Waals surface area contributed by atoms with E-state index in [9.17, 15) is 4.79 Å². The summed E-state index contributed by atoms with van der Waals surface area (Å²) < 4.78 is 6.65. The molecule has 1 aromatic rings. The fourth-order valence-corrected chi connectivity index (χ4v) is 2.15. The highest BCUT2D eigenvalue weighted by molar-refractivity contribution is 5.87. The number of esters is 1. The highest BCUT2D eigenvalue weighted by atomic mass is 16.5. The molecule has 0 amide bonds. The van der Waals surface area contributed by atoms with Gasteiger partial charge in [-0.25, -0.2) is 4.79 Å². The van der Waals surface area contributed by atoms with Gasteiger partial charge in [-0.1, -0.05) is 0 Å². The maximum atomic E-state index is 11.4. The zero-order chi connectivity index (χ0) is 10.8. The Morgan fingerprint density at radius 3 is 3.00 bits per heavy atom. The Labute approximate surface area is 89.2 Å². The number of rotatable bonds is 2. The van der Waals surface area contributed by atoms with E-state index in [0.717, 1.165) is 19.5 Å². The summed E-state index contributed by atoms with van der Waals surface area (Å²) >= 11 is 0. The minimum atomic E-state index is -0.269. The molecule has 82 valence electrons. The molecule has 1 fully saturated rings. The van der Waals surface area contributed by atoms with Crippen LogP contribution < -0.4 is 5.32 Å². The average Bonchev–Trinajstić information content (AvgIpc) is 2.85. The maximum absolute atomic E-state index is 11.4. The van der Waals surface area contributed by atoms with Crippen LogP contribution in [0.25, 0.3) is 0 Å². The molecule has 1 aliphatic heterocycles. The Balaban J connectivity index is 2.26. The first-order valence-corrected chi connectivity index (χ1v) is 5.18. The van der Waals surface area contributed by atoms with Crippen LogP contribution in [-0.2, 0) is 11.8 Å². The summed E-state index contributed by atoms with van der Waals surface area (Å²) in [6.45, 7) is 2.06. The summed E-state index contributed by atoms with van der Waals surface area (Å²) in [6, 6.07) is 3.85. The molecule has 1 atom stereocenters. The van der Waals surface area contributed by atoms with Crippen molar-refractivity contribution in [3.8, 4) is 0 Å². The van der Waals surface area contributed by atoms with Crippen molar-refractivity contribution in [2.75, 3.05) is 20.2 Å². The lowest BCUT2D eigenvalue weighted by Crippen LogP contribution is -2.13. The SMILES string of the molecule is COC(=O)c1ccc(C2CCNC2)n1C. The van der Waals surface area contributed by atoms with E-state index in [1.807, 2.05) is 23.7 Å². The molecule has 0 radical (unpaired) electrons. The normalized spacial score (nSPS) is 20.5. The van der Waals surface area contributed by atoms with E-state index in [1.54, 1.807) is 0 Å². The topological polar surface area (TPSA) is 43.3 Å². The third-order valence-corrected chi connectivity index (χ3v) is 3.03. The average molecular weight is 208 g/mol. The van der Waals surface area contributed by atoms with E-state index in [4.69, 9.17) is 4.74 Å². The van der Waals surface area contributed by atoms with Crippen LogP contribution in [0.15, 0.2) is 12.1 Å². The predicted octanol–water partition coefficient (Wildman–Crippen LogP) is 0.889. The number of hydrogen-bond donors (Lipinski definition) is 1. The summed E-state index contributed by atoms with van der Waals surface area (Å²) in [5.74, 6) is 0.253. The van der Waals surface area contributed by atoms with Crippen LogP contribution in [-0.4, -0.2) is 30.7 Å². The standard InChI is InChI=1S/C11H16N2O2/c1-13-9(8-5-6-12-7-8)3-4-10(13)11(14)15-2/h3-4,8,12H,5-7H2,1-2H3. The van der Waals surface area contributed by atoms with Crippen LogP contribution in [0.2, 0.25) is 0 Å². The fraction of sp³-hybridized carbons (Fsp3) is 0.545. The monoisotopic (exact) mass is 208 g/mol. The van der Waals surface area contributed by atoms with Crippen LogP contribution in [0.3, 0.4) is 0 Å². The molecule has 4 heteroatoms. The highest BCUT2D eigenvalue weighted by Crippen LogP contribution is 2.23. The first-order valence-electron chi connectivity index (χ1n) is 5.18. The maximum Gasteiger partial charge on any atom is 0.354 e. The van der Waals surface area contributed by atoms with Gasteiger partial charge in [-0.15, -0.1) is 0 Å². The van der Waals surface area contributed by atoms with Crippen LogP contribution >= 0.6 is 0 Å². The molecule has 1 aliphatic rings. The van der Waals surface area contributed by atoms with E-state index >= 15 is 0 Å². The summed E-state index contributed by atoms with van der Waals surface area (Å²) in [4.78, 5) is 11.4. The Hall–Kier alpha value is -1.29. The lowest BCUT2D eigenvalue weighted by molar-refractivity contribution is 0.0589. The predicted molar refractivity (Wildman–Crippen MR) is 57.0 cm³/mol. The van der Waals surface area contributed by atoms with Crippen molar-refractivity contribution in [3.05, 3.63) is 23.5 Å². The van der Waals surface area contributed by atoms with E-state index in [2.05, 4.69) is 5.32 Å². The second kappa shape index (κ2) is 4.06. The number of nitrogens with zero attached hydrogens (tertiary/aromatic N) is 1. The zero-order valence-corrected chi connectivity index (χ0v) is 9.12. The van der Waals surface area contributed by atoms with Crippen molar-refractivity contribution < 1.29 is 9.53 Å². The molecule has 0 saturated carbocycles. The molecule has 2 rings (SSSR count). The van der Waals surface area contributed by atoms with Crippen LogP contribution in [0.1, 0.15) is 28.5 Å². The van der Waals surface area contributed by atoms with Gasteiger partial charge in [0.1, 0.15) is 5.69 Å². The molecule has 1 aromatic heterocycles. The summed E-state index contributed by atoms with van der Waals surface area (Å²) in [5, 5.41) is 3.32. The van der Waals surface area contributed by atoms with E-state index in [-0.39, 0.29) is 5.97 Å². The van der Waals surface area contributed by atoms with Crippen LogP contribution in [0.4, 0.5) is 0 Å². The second-order valence-electron chi connectivity index (χ2n) is 3.88. The first-order chi connectivity index (χ1) is 7.24. The van der Waals surface area contributed by atoms with Crippen molar-refractivity contribution in [1.29, 1.82) is 0 Å². The van der Waals surface area contributed by atoms with E-state index in [1.165, 1.54) is 12.8 Å². The molecular weight excluding hydrogens is 192 g/mol. The Morgan fingerprint density at radius 1 is 1.60 bits per heavy atom. The number of carbonyl (C=O) groups excluding carboxylic acids is 1. The first kappa shape index (κ1) is 10.2. The third-order valence-electron chi connectivity index (χ3n) is 3.03. The molecule has 1 unspecified atom stereocenters. The highest BCUT2D eigenvalue weighted by Gasteiger charge is 2.22. The van der Waals surface area contributed by atoms with Gasteiger partial charge in [0.25, 0.3) is 0 Å². The molecule has 15 heavy (non-hydrogen) atoms. The molecular formula is C11H16N2O2. The number of nitrogens with one attached hydrogen (secondary N) is 1. The minimum absolute atomic E-state index is 0.269. The Morgan fingerprint density at radius 2 is 2.40 bits per heavy atom. The number of hydrogen-bond acceptors (Lipinski definition) is 3. The van der Waals surface area contributed by atoms with Gasteiger partial charge in [0, 0.05) is 25.2 Å². The number of carbonyl (C=O) groups is 1. The molecule has 0 aliphatic carbocycles. The molecule has 0 bridgehead atoms. The Bertz CT molecular complexity index is 365. The van der Waals surface area contributed by atoms with E-state index in [0.29, 0.717) is 11.6 Å². The Kier molecular flexibility index (Phi) is 2.77. The third kappa shape index (κ3) is 1.77. The fourth-order valence-electron chi connectivity index (χ4n) is 2.15. The van der Waals surface area contributed by atoms with Crippen LogP contribution in [0, 0.1) is 0 Å². The second-order valence-corrected chi connectivity index (χ2v) is 3.88. The van der Waals surface area contributed by atoms with Gasteiger partial charge in [-0.05, 0) is 25.1 Å². The van der Waals surface area contributed by atoms with Gasteiger partial charge in [0.15, 0.2) is 0 Å². The largest absolute Gasteiger partial charge is 0.464 e. The van der Waals surface area contributed by atoms with Crippen LogP contribution in [0.5, 0.6) is 0 Å². The van der Waals surface area contributed by atoms with Gasteiger partial charge in [-0.3, -0.25) is 0 Å². The van der Waals surface area contributed by atoms with Gasteiger partial charge in [0.05, 0.1) is 7.11 Å². The molecule has 1 N–H and O–H groups in total. The van der Waals surface area contributed by atoms with Gasteiger partial charge in [-0.2, -0.15) is 0 Å². The van der Waals surface area contributed by atoms with Crippen molar-refractivity contribution in [1.82, 2.24) is 9.88 Å². The van der Waals surface area contributed by atoms with Crippen molar-refractivity contribution >= 4 is 5.97 Å². The molecule has 1 saturated heterocycles. The summed E-state index contributed by atoms with van der Waals surface area (Å²) in [7, 11) is 3.33. The van der Waals surface area contributed by atoms with Crippen molar-refractivity contribution in [2.45, 2.75) is 12.3 Å². The summed E-state index contributed by atoms with van der Waals surface area (Å²) in [6.07, 6.45) is 1.14. The number of ether oxygens (including phenoxy) is 1. The molecule has 2 heterocycles. The quantitative estimate of drug-likeness (QED) is 0.734. The smallest absolute Gasteiger partial charge is 0.354 e. The molecule has 0 aromatic carbocycles. The van der Waals surface area contributed by atoms with Gasteiger partial charge >= 0.3 is 5.97 Å². The van der Waals surface area contributed by atoms with Gasteiger partial charge in [0.2, 0.25) is 0 Å². The lowest BCUT2D eigenvalue weighted by atomic mass is 10.1. The summed E-state index contributed by atoms with van der Waals surface area (Å²) in [5.41, 5.74) is 1.83. The molecule has 4 nitrogen and oxygen atoms in total. The number of aromatic nitrogens is 1. The lowest BCUT2D eigenvalue weighted by Gasteiger charge is -2.11.